The Morgan fingerprint density at radius 2 is 2.12 bits per heavy atom. The molecule has 2 aromatic rings. The van der Waals surface area contributed by atoms with Crippen molar-refractivity contribution in [1.82, 2.24) is 10.3 Å². The van der Waals surface area contributed by atoms with Crippen molar-refractivity contribution in [1.29, 1.82) is 0 Å². The van der Waals surface area contributed by atoms with Crippen molar-refractivity contribution in [2.75, 3.05) is 6.29 Å². The molecule has 2 heterocycles. The van der Waals surface area contributed by atoms with Gasteiger partial charge in [0.05, 0.1) is 10.3 Å². The molecule has 1 aromatic carbocycles. The van der Waals surface area contributed by atoms with Gasteiger partial charge in [-0.25, -0.2) is 0 Å². The predicted molar refractivity (Wildman–Crippen MR) is 74.2 cm³/mol. The van der Waals surface area contributed by atoms with Gasteiger partial charge in [0.15, 0.2) is 0 Å². The first-order valence-electron chi connectivity index (χ1n) is 5.44. The summed E-state index contributed by atoms with van der Waals surface area (Å²) in [5, 5.41) is 4.94. The van der Waals surface area contributed by atoms with Gasteiger partial charge in [-0.1, -0.05) is 26.8 Å². The minimum atomic E-state index is 0.128. The molecule has 16 heavy (non-hydrogen) atoms. The molecule has 1 aliphatic heterocycles. The summed E-state index contributed by atoms with van der Waals surface area (Å²) in [7, 11) is 0.828. The Morgan fingerprint density at radius 3 is 3.00 bits per heavy atom. The molecule has 0 aliphatic carbocycles. The Bertz CT molecular complexity index is 533. The molecule has 0 amide bonds. The zero-order valence-corrected chi connectivity index (χ0v) is 11.2. The number of aromatic amines is 1. The van der Waals surface area contributed by atoms with Crippen LogP contribution in [0.4, 0.5) is 0 Å². The van der Waals surface area contributed by atoms with Crippen LogP contribution in [0, 0.1) is 0 Å². The van der Waals surface area contributed by atoms with Crippen LogP contribution in [0.25, 0.3) is 10.9 Å². The molecule has 0 fully saturated rings. The van der Waals surface area contributed by atoms with Crippen LogP contribution in [0.2, 0.25) is 0 Å². The highest BCUT2D eigenvalue weighted by Crippen LogP contribution is 2.39. The summed E-state index contributed by atoms with van der Waals surface area (Å²) >= 11 is 1.94. The van der Waals surface area contributed by atoms with E-state index in [-0.39, 0.29) is 4.87 Å². The van der Waals surface area contributed by atoms with Gasteiger partial charge in [0, 0.05) is 22.1 Å². The molecule has 2 N–H and O–H groups in total. The number of aromatic nitrogens is 1. The van der Waals surface area contributed by atoms with Crippen molar-refractivity contribution >= 4 is 36.7 Å². The molecule has 1 aliphatic rings. The summed E-state index contributed by atoms with van der Waals surface area (Å²) in [4.78, 5) is 5.11. The van der Waals surface area contributed by atoms with Crippen LogP contribution >= 0.6 is 20.3 Å². The Morgan fingerprint density at radius 1 is 1.31 bits per heavy atom. The van der Waals surface area contributed by atoms with Crippen LogP contribution in [0.3, 0.4) is 0 Å². The first-order chi connectivity index (χ1) is 7.66. The maximum absolute atomic E-state index is 3.57. The number of hydrogen-bond acceptors (Lipinski definition) is 2. The molecular weight excluding hydrogens is 235 g/mol. The minimum Gasteiger partial charge on any atom is -0.354 e. The fourth-order valence-electron chi connectivity index (χ4n) is 1.98. The molecule has 0 saturated carbocycles. The van der Waals surface area contributed by atoms with Crippen molar-refractivity contribution in [2.24, 2.45) is 0 Å². The van der Waals surface area contributed by atoms with Gasteiger partial charge in [0.2, 0.25) is 0 Å². The number of thioether (sulfide) groups is 1. The molecule has 0 spiro atoms. The lowest BCUT2D eigenvalue weighted by atomic mass is 10.2. The van der Waals surface area contributed by atoms with Gasteiger partial charge in [-0.2, -0.15) is 0 Å². The standard InChI is InChI=1S/C12H15N2PS/c1-12(2)13-7-15-11-10(16-12)8-5-3-4-6-9(8)14-11/h3-6,13-15H,7H2,1-2H3. The molecule has 0 radical (unpaired) electrons. The van der Waals surface area contributed by atoms with E-state index in [1.807, 2.05) is 11.8 Å². The topological polar surface area (TPSA) is 27.8 Å². The quantitative estimate of drug-likeness (QED) is 0.704. The molecular formula is C12H15N2PS. The average Bonchev–Trinajstić information content (AvgIpc) is 2.48. The molecule has 0 bridgehead atoms. The summed E-state index contributed by atoms with van der Waals surface area (Å²) in [6.07, 6.45) is 1.07. The second-order valence-electron chi connectivity index (χ2n) is 4.52. The smallest absolute Gasteiger partial charge is 0.0638 e. The Kier molecular flexibility index (Phi) is 2.50. The van der Waals surface area contributed by atoms with Gasteiger partial charge in [0.25, 0.3) is 0 Å². The lowest BCUT2D eigenvalue weighted by Gasteiger charge is -2.22. The van der Waals surface area contributed by atoms with Gasteiger partial charge in [-0.05, 0) is 19.9 Å². The van der Waals surface area contributed by atoms with E-state index in [4.69, 9.17) is 0 Å². The molecule has 1 aromatic heterocycles. The number of hydrogen-bond donors (Lipinski definition) is 2. The number of H-pyrrole nitrogens is 1. The van der Waals surface area contributed by atoms with E-state index >= 15 is 0 Å². The SMILES string of the molecule is CC1(C)NCPc2[nH]c3ccccc3c2S1. The van der Waals surface area contributed by atoms with Gasteiger partial charge in [-0.15, -0.1) is 11.8 Å². The minimum absolute atomic E-state index is 0.128. The van der Waals surface area contributed by atoms with E-state index in [1.54, 1.807) is 0 Å². The second kappa shape index (κ2) is 3.76. The highest BCUT2D eigenvalue weighted by atomic mass is 32.2. The summed E-state index contributed by atoms with van der Waals surface area (Å²) in [5.41, 5.74) is 2.68. The average molecular weight is 250 g/mol. The second-order valence-corrected chi connectivity index (χ2v) is 7.36. The molecule has 1 unspecified atom stereocenters. The van der Waals surface area contributed by atoms with Crippen LogP contribution in [0.5, 0.6) is 0 Å². The van der Waals surface area contributed by atoms with Gasteiger partial charge >= 0.3 is 0 Å². The van der Waals surface area contributed by atoms with Gasteiger partial charge < -0.3 is 4.98 Å². The zero-order valence-electron chi connectivity index (χ0n) is 9.42. The van der Waals surface area contributed by atoms with Crippen molar-refractivity contribution in [3.05, 3.63) is 24.3 Å². The van der Waals surface area contributed by atoms with E-state index < -0.39 is 0 Å². The van der Waals surface area contributed by atoms with Crippen molar-refractivity contribution in [2.45, 2.75) is 23.6 Å². The van der Waals surface area contributed by atoms with Gasteiger partial charge in [0.1, 0.15) is 0 Å². The Hall–Kier alpha value is -0.500. The number of nitrogens with one attached hydrogen (secondary N) is 2. The van der Waals surface area contributed by atoms with Crippen LogP contribution in [0.1, 0.15) is 13.8 Å². The molecule has 3 rings (SSSR count). The zero-order chi connectivity index (χ0) is 11.2. The molecule has 0 saturated heterocycles. The lowest BCUT2D eigenvalue weighted by Crippen LogP contribution is -2.33. The highest BCUT2D eigenvalue weighted by molar-refractivity contribution is 8.01. The van der Waals surface area contributed by atoms with Gasteiger partial charge in [-0.3, -0.25) is 5.32 Å². The largest absolute Gasteiger partial charge is 0.354 e. The number of fused-ring (bicyclic) bond motifs is 3. The van der Waals surface area contributed by atoms with E-state index in [9.17, 15) is 0 Å². The third kappa shape index (κ3) is 1.77. The van der Waals surface area contributed by atoms with E-state index in [1.165, 1.54) is 21.2 Å². The summed E-state index contributed by atoms with van der Waals surface area (Å²) < 4.78 is 0. The normalized spacial score (nSPS) is 20.9. The third-order valence-corrected chi connectivity index (χ3v) is 5.34. The van der Waals surface area contributed by atoms with E-state index in [0.717, 1.165) is 14.9 Å². The fourth-order valence-corrected chi connectivity index (χ4v) is 4.80. The summed E-state index contributed by atoms with van der Waals surface area (Å²) in [6.45, 7) is 4.50. The van der Waals surface area contributed by atoms with Crippen LogP contribution in [0.15, 0.2) is 29.2 Å². The Balaban J connectivity index is 2.20. The molecule has 1 atom stereocenters. The monoisotopic (exact) mass is 250 g/mol. The van der Waals surface area contributed by atoms with Crippen LogP contribution in [-0.4, -0.2) is 16.1 Å². The van der Waals surface area contributed by atoms with Crippen LogP contribution in [-0.2, 0) is 0 Å². The Labute approximate surface area is 101 Å². The summed E-state index contributed by atoms with van der Waals surface area (Å²) in [5.74, 6) is 0. The maximum Gasteiger partial charge on any atom is 0.0638 e. The first kappa shape index (κ1) is 10.6. The van der Waals surface area contributed by atoms with E-state index in [2.05, 4.69) is 48.4 Å². The molecule has 4 heteroatoms. The van der Waals surface area contributed by atoms with Crippen molar-refractivity contribution in [3.8, 4) is 0 Å². The summed E-state index contributed by atoms with van der Waals surface area (Å²) in [6, 6.07) is 8.58. The number of para-hydroxylation sites is 1. The third-order valence-electron chi connectivity index (χ3n) is 2.79. The molecule has 84 valence electrons. The first-order valence-corrected chi connectivity index (χ1v) is 7.47. The highest BCUT2D eigenvalue weighted by Gasteiger charge is 2.25. The van der Waals surface area contributed by atoms with Crippen LogP contribution < -0.4 is 10.8 Å². The number of benzene rings is 1. The van der Waals surface area contributed by atoms with Crippen molar-refractivity contribution < 1.29 is 0 Å². The maximum atomic E-state index is 3.57. The number of rotatable bonds is 0. The fraction of sp³-hybridized carbons (Fsp3) is 0.333. The lowest BCUT2D eigenvalue weighted by molar-refractivity contribution is 0.598. The molecule has 2 nitrogen and oxygen atoms in total. The van der Waals surface area contributed by atoms with Crippen molar-refractivity contribution in [3.63, 3.8) is 0 Å². The predicted octanol–water partition coefficient (Wildman–Crippen LogP) is 2.86. The van der Waals surface area contributed by atoms with E-state index in [0.29, 0.717) is 0 Å².